The highest BCUT2D eigenvalue weighted by Crippen LogP contribution is 2.27. The molecule has 1 atom stereocenters. The maximum atomic E-state index is 14.0. The van der Waals surface area contributed by atoms with Crippen LogP contribution in [-0.2, 0) is 30.1 Å². The molecule has 32 heavy (non-hydrogen) atoms. The Morgan fingerprint density at radius 1 is 1.28 bits per heavy atom. The van der Waals surface area contributed by atoms with Crippen molar-refractivity contribution in [3.8, 4) is 0 Å². The minimum absolute atomic E-state index is 0.153. The summed E-state index contributed by atoms with van der Waals surface area (Å²) in [4.78, 5) is 49.5. The van der Waals surface area contributed by atoms with Gasteiger partial charge in [-0.2, -0.15) is 0 Å². The van der Waals surface area contributed by atoms with E-state index in [9.17, 15) is 18.8 Å². The molecule has 11 heteroatoms. The van der Waals surface area contributed by atoms with E-state index in [0.29, 0.717) is 42.1 Å². The van der Waals surface area contributed by atoms with Gasteiger partial charge in [-0.25, -0.2) is 14.2 Å². The van der Waals surface area contributed by atoms with Gasteiger partial charge in [-0.3, -0.25) is 18.7 Å². The van der Waals surface area contributed by atoms with Gasteiger partial charge in [0, 0.05) is 39.0 Å². The summed E-state index contributed by atoms with van der Waals surface area (Å²) in [6.45, 7) is 1.94. The third kappa shape index (κ3) is 3.70. The van der Waals surface area contributed by atoms with Crippen molar-refractivity contribution >= 4 is 22.8 Å². The number of benzene rings is 1. The summed E-state index contributed by atoms with van der Waals surface area (Å²) >= 11 is 0. The van der Waals surface area contributed by atoms with Crippen LogP contribution in [0.25, 0.3) is 11.2 Å². The van der Waals surface area contributed by atoms with Crippen LogP contribution in [0.2, 0.25) is 0 Å². The van der Waals surface area contributed by atoms with Crippen molar-refractivity contribution < 1.29 is 14.0 Å². The lowest BCUT2D eigenvalue weighted by molar-refractivity contribution is -0.141. The molecule has 3 aromatic rings. The highest BCUT2D eigenvalue weighted by Gasteiger charge is 2.42. The number of carbonyl (C=O) groups is 1. The van der Waals surface area contributed by atoms with E-state index in [1.54, 1.807) is 32.2 Å². The molecule has 1 aliphatic heterocycles. The van der Waals surface area contributed by atoms with E-state index < -0.39 is 22.7 Å². The van der Waals surface area contributed by atoms with Crippen molar-refractivity contribution in [3.05, 3.63) is 62.3 Å². The van der Waals surface area contributed by atoms with Gasteiger partial charge in [-0.05, 0) is 19.4 Å². The number of amides is 1. The second-order valence-corrected chi connectivity index (χ2v) is 7.96. The Labute approximate surface area is 181 Å². The zero-order valence-corrected chi connectivity index (χ0v) is 17.9. The largest absolute Gasteiger partial charge is 0.379 e. The van der Waals surface area contributed by atoms with Crippen molar-refractivity contribution in [3.63, 3.8) is 0 Å². The maximum Gasteiger partial charge on any atom is 0.332 e. The molecule has 1 aliphatic rings. The van der Waals surface area contributed by atoms with Gasteiger partial charge in [-0.1, -0.05) is 23.4 Å². The minimum atomic E-state index is -1.22. The number of hydrogen-bond donors (Lipinski definition) is 2. The van der Waals surface area contributed by atoms with Gasteiger partial charge < -0.3 is 15.1 Å². The fraction of sp³-hybridized carbons (Fsp3) is 0.381. The van der Waals surface area contributed by atoms with Gasteiger partial charge in [0.15, 0.2) is 5.65 Å². The normalized spacial score (nSPS) is 17.9. The lowest BCUT2D eigenvalue weighted by Crippen LogP contribution is -2.45. The van der Waals surface area contributed by atoms with Gasteiger partial charge in [0.1, 0.15) is 17.2 Å². The molecule has 1 aromatic carbocycles. The number of imidazole rings is 1. The molecule has 0 fully saturated rings. The summed E-state index contributed by atoms with van der Waals surface area (Å²) in [5.41, 5.74) is -0.854. The Balaban J connectivity index is 1.34. The molecule has 2 aromatic heterocycles. The monoisotopic (exact) mass is 442 g/mol. The van der Waals surface area contributed by atoms with E-state index in [1.165, 1.54) is 17.7 Å². The molecule has 168 valence electrons. The van der Waals surface area contributed by atoms with Crippen LogP contribution in [-0.4, -0.2) is 42.9 Å². The number of aromatic nitrogens is 4. The number of nitrogens with one attached hydrogen (secondary N) is 2. The van der Waals surface area contributed by atoms with Gasteiger partial charge >= 0.3 is 5.69 Å². The van der Waals surface area contributed by atoms with Crippen LogP contribution in [0.5, 0.6) is 0 Å². The van der Waals surface area contributed by atoms with Crippen molar-refractivity contribution in [1.82, 2.24) is 24.4 Å². The molecule has 0 aliphatic carbocycles. The summed E-state index contributed by atoms with van der Waals surface area (Å²) < 4.78 is 16.3. The Morgan fingerprint density at radius 3 is 2.78 bits per heavy atom. The van der Waals surface area contributed by atoms with E-state index in [4.69, 9.17) is 4.84 Å². The molecule has 2 N–H and O–H groups in total. The molecule has 0 saturated heterocycles. The highest BCUT2D eigenvalue weighted by atomic mass is 19.1. The first-order valence-electron chi connectivity index (χ1n) is 10.1. The number of fused-ring (bicyclic) bond motifs is 1. The van der Waals surface area contributed by atoms with Crippen molar-refractivity contribution in [2.24, 2.45) is 19.3 Å². The molecular formula is C21H23FN6O4. The SMILES string of the molecule is Cn1c(=O)c2[nH]c(CCCNC(=O)C3(C)CC(c4ccccc4F)=NO3)nc2n(C)c1=O. The lowest BCUT2D eigenvalue weighted by atomic mass is 9.95. The molecule has 0 radical (unpaired) electrons. The van der Waals surface area contributed by atoms with Crippen LogP contribution in [0.1, 0.15) is 31.2 Å². The molecule has 1 amide bonds. The number of rotatable bonds is 6. The third-order valence-corrected chi connectivity index (χ3v) is 5.55. The van der Waals surface area contributed by atoms with Crippen LogP contribution in [0.4, 0.5) is 4.39 Å². The maximum absolute atomic E-state index is 14.0. The Morgan fingerprint density at radius 2 is 2.03 bits per heavy atom. The topological polar surface area (TPSA) is 123 Å². The number of aromatic amines is 1. The number of hydrogen-bond acceptors (Lipinski definition) is 6. The van der Waals surface area contributed by atoms with Crippen LogP contribution < -0.4 is 16.6 Å². The predicted octanol–water partition coefficient (Wildman–Crippen LogP) is 0.731. The number of nitrogens with zero attached hydrogens (tertiary/aromatic N) is 4. The van der Waals surface area contributed by atoms with E-state index in [2.05, 4.69) is 20.4 Å². The Bertz CT molecular complexity index is 1350. The first-order chi connectivity index (χ1) is 15.2. The van der Waals surface area contributed by atoms with Crippen LogP contribution in [0, 0.1) is 5.82 Å². The molecular weight excluding hydrogens is 419 g/mol. The fourth-order valence-corrected chi connectivity index (χ4v) is 3.64. The summed E-state index contributed by atoms with van der Waals surface area (Å²) in [5.74, 6) is -0.229. The number of aryl methyl sites for hydroxylation is 2. The Kier molecular flexibility index (Phi) is 5.41. The second kappa shape index (κ2) is 8.06. The molecule has 1 unspecified atom stereocenters. The number of H-pyrrole nitrogens is 1. The van der Waals surface area contributed by atoms with Gasteiger partial charge in [0.05, 0.1) is 5.71 Å². The van der Waals surface area contributed by atoms with Crippen molar-refractivity contribution in [1.29, 1.82) is 0 Å². The lowest BCUT2D eigenvalue weighted by Gasteiger charge is -2.20. The fourth-order valence-electron chi connectivity index (χ4n) is 3.64. The van der Waals surface area contributed by atoms with E-state index in [0.717, 1.165) is 4.57 Å². The van der Waals surface area contributed by atoms with Crippen LogP contribution in [0.3, 0.4) is 0 Å². The van der Waals surface area contributed by atoms with Crippen molar-refractivity contribution in [2.75, 3.05) is 6.54 Å². The average Bonchev–Trinajstić information content (AvgIpc) is 3.39. The van der Waals surface area contributed by atoms with Crippen molar-refractivity contribution in [2.45, 2.75) is 31.8 Å². The zero-order valence-electron chi connectivity index (χ0n) is 17.9. The van der Waals surface area contributed by atoms with Gasteiger partial charge in [0.2, 0.25) is 5.60 Å². The summed E-state index contributed by atoms with van der Waals surface area (Å²) in [6, 6.07) is 6.21. The van der Waals surface area contributed by atoms with E-state index in [-0.39, 0.29) is 17.8 Å². The second-order valence-electron chi connectivity index (χ2n) is 7.96. The number of carbonyl (C=O) groups excluding carboxylic acids is 1. The summed E-state index contributed by atoms with van der Waals surface area (Å²) in [5, 5.41) is 6.72. The highest BCUT2D eigenvalue weighted by molar-refractivity contribution is 6.05. The standard InChI is InChI=1S/C21H23FN6O4/c1-21(11-14(26-32-21)12-7-4-5-8-13(12)22)19(30)23-10-6-9-15-24-16-17(25-15)27(2)20(31)28(3)18(16)29/h4-5,7-8H,6,9-11H2,1-3H3,(H,23,30)(H,24,25). The minimum Gasteiger partial charge on any atom is -0.379 e. The van der Waals surface area contributed by atoms with Crippen LogP contribution >= 0.6 is 0 Å². The molecule has 10 nitrogen and oxygen atoms in total. The first kappa shape index (κ1) is 21.5. The average molecular weight is 442 g/mol. The quantitative estimate of drug-likeness (QED) is 0.545. The Hall–Kier alpha value is -3.76. The van der Waals surface area contributed by atoms with Gasteiger partial charge in [-0.15, -0.1) is 0 Å². The summed E-state index contributed by atoms with van der Waals surface area (Å²) in [7, 11) is 2.96. The van der Waals surface area contributed by atoms with Crippen LogP contribution in [0.15, 0.2) is 39.0 Å². The molecule has 4 rings (SSSR count). The molecule has 0 spiro atoms. The third-order valence-electron chi connectivity index (χ3n) is 5.55. The number of halogens is 1. The number of oxime groups is 1. The van der Waals surface area contributed by atoms with E-state index >= 15 is 0 Å². The van der Waals surface area contributed by atoms with E-state index in [1.807, 2.05) is 0 Å². The van der Waals surface area contributed by atoms with Gasteiger partial charge in [0.25, 0.3) is 11.5 Å². The first-order valence-corrected chi connectivity index (χ1v) is 10.1. The summed E-state index contributed by atoms with van der Waals surface area (Å²) in [6.07, 6.45) is 1.15. The zero-order chi connectivity index (χ0) is 23.0. The molecule has 3 heterocycles. The smallest absolute Gasteiger partial charge is 0.332 e. The molecule has 0 saturated carbocycles. The molecule has 0 bridgehead atoms. The predicted molar refractivity (Wildman–Crippen MR) is 115 cm³/mol.